The number of ether oxygens (including phenoxy) is 2. The van der Waals surface area contributed by atoms with Crippen LogP contribution in [0.2, 0.25) is 0 Å². The molecule has 0 radical (unpaired) electrons. The summed E-state index contributed by atoms with van der Waals surface area (Å²) in [5.41, 5.74) is -0.327. The molecule has 0 aliphatic rings. The molecular weight excluding hydrogens is 495 g/mol. The number of hydrogen-bond acceptors (Lipinski definition) is 6. The summed E-state index contributed by atoms with van der Waals surface area (Å²) in [4.78, 5) is 11.1. The zero-order valence-corrected chi connectivity index (χ0v) is 25.2. The maximum Gasteiger partial charge on any atom is 0.390 e. The van der Waals surface area contributed by atoms with Crippen molar-refractivity contribution >= 4 is 27.1 Å². The molecule has 5 atom stereocenters. The monoisotopic (exact) mass is 551 g/mol. The van der Waals surface area contributed by atoms with Gasteiger partial charge in [-0.05, 0) is 18.8 Å². The summed E-state index contributed by atoms with van der Waals surface area (Å²) in [6.07, 6.45) is 22.6. The lowest BCUT2D eigenvalue weighted by molar-refractivity contribution is -0.183. The Bertz CT molecular complexity index is 538. The Hall–Kier alpha value is -0.200. The third kappa shape index (κ3) is 19.0. The van der Waals surface area contributed by atoms with Crippen molar-refractivity contribution < 1.29 is 29.0 Å². The maximum absolute atomic E-state index is 11.1. The summed E-state index contributed by atoms with van der Waals surface area (Å²) < 4.78 is 22.5. The highest BCUT2D eigenvalue weighted by Crippen LogP contribution is 2.27. The quantitative estimate of drug-likeness (QED) is 0.0410. The van der Waals surface area contributed by atoms with Crippen LogP contribution in [-0.4, -0.2) is 39.9 Å². The molecule has 36 heavy (non-hydrogen) atoms. The zero-order valence-electron chi connectivity index (χ0n) is 23.3. The van der Waals surface area contributed by atoms with Crippen LogP contribution in [0.5, 0.6) is 0 Å². The van der Waals surface area contributed by atoms with E-state index in [4.69, 9.17) is 14.6 Å². The minimum atomic E-state index is -2.40. The zero-order chi connectivity index (χ0) is 27.1. The van der Waals surface area contributed by atoms with E-state index in [2.05, 4.69) is 26.5 Å². The fourth-order valence-electron chi connectivity index (χ4n) is 4.45. The molecule has 0 aromatic rings. The van der Waals surface area contributed by atoms with Crippen LogP contribution in [0.3, 0.4) is 0 Å². The summed E-state index contributed by atoms with van der Waals surface area (Å²) >= 11 is 4.66. The van der Waals surface area contributed by atoms with E-state index >= 15 is 0 Å². The number of carboxylic acids is 1. The van der Waals surface area contributed by atoms with E-state index in [1.165, 1.54) is 109 Å². The van der Waals surface area contributed by atoms with Gasteiger partial charge >= 0.3 is 19.8 Å². The number of unbranched alkanes of at least 4 members (excludes halogenated alkanes) is 13. The van der Waals surface area contributed by atoms with Crippen LogP contribution in [0.4, 0.5) is 0 Å². The number of aliphatic carboxylic acids is 1. The summed E-state index contributed by atoms with van der Waals surface area (Å²) in [5.74, 6) is -1.02. The van der Waals surface area contributed by atoms with E-state index < -0.39 is 32.7 Å². The van der Waals surface area contributed by atoms with Crippen LogP contribution in [0.1, 0.15) is 143 Å². The molecule has 0 saturated heterocycles. The van der Waals surface area contributed by atoms with E-state index in [1.807, 2.05) is 6.92 Å². The van der Waals surface area contributed by atoms with Crippen LogP contribution in [0.25, 0.3) is 0 Å². The van der Waals surface area contributed by atoms with E-state index in [-0.39, 0.29) is 5.44 Å². The van der Waals surface area contributed by atoms with Crippen molar-refractivity contribution in [2.45, 2.75) is 160 Å². The van der Waals surface area contributed by atoms with Crippen molar-refractivity contribution in [2.75, 3.05) is 6.61 Å². The molecule has 0 spiro atoms. The van der Waals surface area contributed by atoms with Crippen molar-refractivity contribution in [1.29, 1.82) is 0 Å². The molecule has 8 heteroatoms. The van der Waals surface area contributed by atoms with E-state index in [9.17, 15) is 14.5 Å². The molecule has 5 unspecified atom stereocenters. The van der Waals surface area contributed by atoms with Gasteiger partial charge in [0.2, 0.25) is 0 Å². The highest BCUT2D eigenvalue weighted by Gasteiger charge is 2.47. The Morgan fingerprint density at radius 1 is 0.833 bits per heavy atom. The maximum atomic E-state index is 11.1. The first kappa shape index (κ1) is 35.8. The smallest absolute Gasteiger partial charge is 0.390 e. The lowest BCUT2D eigenvalue weighted by Gasteiger charge is -2.25. The van der Waals surface area contributed by atoms with Gasteiger partial charge in [-0.1, -0.05) is 134 Å². The molecule has 0 heterocycles. The molecule has 0 aromatic carbocycles. The second kappa shape index (κ2) is 23.9. The van der Waals surface area contributed by atoms with E-state index in [0.29, 0.717) is 12.3 Å². The fraction of sp³-hybridized carbons (Fsp3) is 0.964. The van der Waals surface area contributed by atoms with Crippen molar-refractivity contribution in [1.82, 2.24) is 0 Å². The number of carbonyl (C=O) groups is 1. The van der Waals surface area contributed by atoms with Crippen molar-refractivity contribution in [2.24, 2.45) is 5.92 Å². The van der Waals surface area contributed by atoms with Gasteiger partial charge in [0.1, 0.15) is 12.0 Å². The molecule has 214 valence electrons. The Balaban J connectivity index is 4.48. The first-order valence-electron chi connectivity index (χ1n) is 14.6. The number of thiol groups is 1. The number of hydrogen-bond donors (Lipinski definition) is 3. The third-order valence-corrected chi connectivity index (χ3v) is 7.89. The third-order valence-electron chi connectivity index (χ3n) is 6.86. The van der Waals surface area contributed by atoms with E-state index in [1.54, 1.807) is 0 Å². The Morgan fingerprint density at radius 2 is 1.28 bits per heavy atom. The van der Waals surface area contributed by atoms with Gasteiger partial charge in [-0.15, -0.1) is 12.6 Å². The van der Waals surface area contributed by atoms with Gasteiger partial charge in [-0.2, -0.15) is 0 Å². The van der Waals surface area contributed by atoms with Crippen molar-refractivity contribution in [3.8, 4) is 0 Å². The summed E-state index contributed by atoms with van der Waals surface area (Å²) in [7, 11) is -1.42. The molecule has 6 nitrogen and oxygen atoms in total. The van der Waals surface area contributed by atoms with Gasteiger partial charge in [0.05, 0.1) is 0 Å². The second-order valence-electron chi connectivity index (χ2n) is 10.3. The molecule has 0 rings (SSSR count). The lowest BCUT2D eigenvalue weighted by Crippen LogP contribution is -2.39. The first-order chi connectivity index (χ1) is 17.3. The topological polar surface area (TPSA) is 93.1 Å². The van der Waals surface area contributed by atoms with Gasteiger partial charge in [-0.3, -0.25) is 0 Å². The molecule has 0 fully saturated rings. The minimum Gasteiger partial charge on any atom is -0.476 e. The molecule has 0 aromatic heterocycles. The Morgan fingerprint density at radius 3 is 1.67 bits per heavy atom. The molecule has 0 saturated carbocycles. The molecule has 0 aliphatic heterocycles. The van der Waals surface area contributed by atoms with Crippen molar-refractivity contribution in [3.05, 3.63) is 0 Å². The van der Waals surface area contributed by atoms with Gasteiger partial charge in [0.15, 0.2) is 6.29 Å². The number of rotatable bonds is 27. The highest BCUT2D eigenvalue weighted by atomic mass is 32.1. The molecule has 2 N–H and O–H groups in total. The molecule has 0 amide bonds. The average Bonchev–Trinajstić information content (AvgIpc) is 2.86. The Kier molecular flexibility index (Phi) is 23.8. The number of aliphatic hydroxyl groups is 1. The van der Waals surface area contributed by atoms with Crippen molar-refractivity contribution in [3.63, 3.8) is 0 Å². The first-order valence-corrected chi connectivity index (χ1v) is 16.1. The predicted molar refractivity (Wildman–Crippen MR) is 153 cm³/mol. The van der Waals surface area contributed by atoms with Crippen LogP contribution >= 0.6 is 21.1 Å². The summed E-state index contributed by atoms with van der Waals surface area (Å²) in [6.45, 7) is 5.77. The largest absolute Gasteiger partial charge is 0.476 e. The average molecular weight is 552 g/mol. The second-order valence-corrected chi connectivity index (χ2v) is 11.9. The van der Waals surface area contributed by atoms with Gasteiger partial charge in [0.25, 0.3) is 0 Å². The van der Waals surface area contributed by atoms with Crippen LogP contribution < -0.4 is 0 Å². The fourth-order valence-corrected chi connectivity index (χ4v) is 5.12. The van der Waals surface area contributed by atoms with Gasteiger partial charge < -0.3 is 19.7 Å². The number of carboxylic acid groups (broad SMARTS) is 1. The highest BCUT2D eigenvalue weighted by molar-refractivity contribution is 7.80. The Labute approximate surface area is 228 Å². The minimum absolute atomic E-state index is 0.327. The summed E-state index contributed by atoms with van der Waals surface area (Å²) in [6, 6.07) is 0. The van der Waals surface area contributed by atoms with Crippen LogP contribution in [-0.2, 0) is 18.8 Å². The van der Waals surface area contributed by atoms with Crippen LogP contribution in [0.15, 0.2) is 0 Å². The molecule has 0 bridgehead atoms. The van der Waals surface area contributed by atoms with Crippen LogP contribution in [0, 0.1) is 5.92 Å². The lowest BCUT2D eigenvalue weighted by atomic mass is 9.91. The van der Waals surface area contributed by atoms with E-state index in [0.717, 1.165) is 6.42 Å². The molecule has 0 aliphatic carbocycles. The van der Waals surface area contributed by atoms with Gasteiger partial charge in [0, 0.05) is 0 Å². The normalized spacial score (nSPS) is 16.0. The summed E-state index contributed by atoms with van der Waals surface area (Å²) in [5, 5.41) is 16.6. The molecular formula is C28H56O6PS+. The van der Waals surface area contributed by atoms with Gasteiger partial charge in [-0.25, -0.2) is 4.79 Å². The standard InChI is InChI=1S/C28H55O6PS/c1-4-7-9-11-12-13-14-15-17-19-21-24(20-18-16-10-8-5-2)22-26(36)34-25(6-3)33-23-28(31,35-32)27(29)30/h24-26,31,36H,4-23H2,1-3H3,(H,29,30)/p+1. The predicted octanol–water partition coefficient (Wildman–Crippen LogP) is 8.49. The SMILES string of the molecule is CCCCCCCCCCCCC(CCCCCCC)CC(S)OC(CC)OCC(O)([PH+]=O)C(=O)O.